The fourth-order valence-corrected chi connectivity index (χ4v) is 5.78. The van der Waals surface area contributed by atoms with Gasteiger partial charge in [-0.3, -0.25) is 19.2 Å². The van der Waals surface area contributed by atoms with Crippen LogP contribution in [0, 0.1) is 0 Å². The number of hydrogen-bond acceptors (Lipinski definition) is 10. The largest absolute Gasteiger partial charge is 0.493 e. The minimum atomic E-state index is -0.381. The van der Waals surface area contributed by atoms with Crippen LogP contribution in [0.4, 0.5) is 0 Å². The highest BCUT2D eigenvalue weighted by molar-refractivity contribution is 6.33. The summed E-state index contributed by atoms with van der Waals surface area (Å²) >= 11 is 6.76. The number of nitrogens with zero attached hydrogens (tertiary/aromatic N) is 2. The Kier molecular flexibility index (Phi) is 13.0. The second kappa shape index (κ2) is 17.1. The fraction of sp³-hybridized carbons (Fsp3) is 0.529. The Morgan fingerprint density at radius 1 is 0.681 bits per heavy atom. The van der Waals surface area contributed by atoms with Gasteiger partial charge in [0.1, 0.15) is 0 Å². The summed E-state index contributed by atoms with van der Waals surface area (Å²) < 4.78 is 33.2. The molecule has 0 aromatic heterocycles. The number of carbonyl (C=O) groups excluding carboxylic acids is 4. The lowest BCUT2D eigenvalue weighted by molar-refractivity contribution is -0.146. The zero-order valence-corrected chi connectivity index (χ0v) is 28.2. The number of rotatable bonds is 17. The van der Waals surface area contributed by atoms with Gasteiger partial charge < -0.3 is 38.2 Å². The molecule has 2 aliphatic heterocycles. The molecular formula is C34H43ClN2O10. The number of esters is 2. The molecule has 0 saturated carbocycles. The summed E-state index contributed by atoms with van der Waals surface area (Å²) in [5.74, 6) is 0.954. The Labute approximate surface area is 280 Å². The van der Waals surface area contributed by atoms with Crippen molar-refractivity contribution in [1.29, 1.82) is 0 Å². The molecule has 2 aromatic rings. The molecule has 0 spiro atoms. The minimum absolute atomic E-state index is 0.0349. The third kappa shape index (κ3) is 9.21. The van der Waals surface area contributed by atoms with Gasteiger partial charge in [-0.05, 0) is 53.8 Å². The smallest absolute Gasteiger partial charge is 0.306 e. The predicted molar refractivity (Wildman–Crippen MR) is 171 cm³/mol. The topological polar surface area (TPSA) is 130 Å². The van der Waals surface area contributed by atoms with Crippen LogP contribution in [0.1, 0.15) is 74.6 Å². The Hall–Kier alpha value is -4.19. The maximum Gasteiger partial charge on any atom is 0.306 e. The molecule has 256 valence electrons. The average molecular weight is 675 g/mol. The van der Waals surface area contributed by atoms with E-state index in [1.165, 1.54) is 7.11 Å². The Morgan fingerprint density at radius 3 is 1.85 bits per heavy atom. The molecule has 0 saturated heterocycles. The molecular weight excluding hydrogens is 632 g/mol. The zero-order valence-electron chi connectivity index (χ0n) is 27.5. The molecule has 0 aliphatic carbocycles. The van der Waals surface area contributed by atoms with Gasteiger partial charge in [-0.15, -0.1) is 0 Å². The van der Waals surface area contributed by atoms with E-state index in [1.54, 1.807) is 23.8 Å². The first-order valence-electron chi connectivity index (χ1n) is 15.9. The second-order valence-electron chi connectivity index (χ2n) is 11.2. The van der Waals surface area contributed by atoms with Gasteiger partial charge in [-0.2, -0.15) is 0 Å². The van der Waals surface area contributed by atoms with Crippen LogP contribution in [0.5, 0.6) is 23.0 Å². The number of hydrogen-bond donors (Lipinski definition) is 0. The maximum absolute atomic E-state index is 12.8. The number of fused-ring (bicyclic) bond motifs is 2. The van der Waals surface area contributed by atoms with Crippen molar-refractivity contribution in [3.05, 3.63) is 45.5 Å². The van der Waals surface area contributed by atoms with Gasteiger partial charge in [0.2, 0.25) is 11.8 Å². The van der Waals surface area contributed by atoms with Crippen LogP contribution < -0.4 is 18.9 Å². The third-order valence-electron chi connectivity index (χ3n) is 7.88. The van der Waals surface area contributed by atoms with Crippen molar-refractivity contribution in [3.63, 3.8) is 0 Å². The lowest BCUT2D eigenvalue weighted by Gasteiger charge is -2.16. The summed E-state index contributed by atoms with van der Waals surface area (Å²) in [5, 5.41) is 0.388. The van der Waals surface area contributed by atoms with Crippen LogP contribution in [0.15, 0.2) is 18.2 Å². The highest BCUT2D eigenvalue weighted by Gasteiger charge is 2.30. The van der Waals surface area contributed by atoms with E-state index in [4.69, 9.17) is 40.0 Å². The van der Waals surface area contributed by atoms with E-state index >= 15 is 0 Å². The molecule has 0 fully saturated rings. The summed E-state index contributed by atoms with van der Waals surface area (Å²) in [5.41, 5.74) is 3.58. The number of methoxy groups -OCH3 is 2. The number of benzene rings is 2. The van der Waals surface area contributed by atoms with Crippen LogP contribution in [-0.2, 0) is 54.8 Å². The molecule has 0 N–H and O–H groups in total. The molecule has 0 unspecified atom stereocenters. The summed E-state index contributed by atoms with van der Waals surface area (Å²) in [4.78, 5) is 52.3. The van der Waals surface area contributed by atoms with E-state index in [-0.39, 0.29) is 62.7 Å². The number of ether oxygens (including phenoxy) is 6. The molecule has 13 heteroatoms. The first kappa shape index (κ1) is 35.7. The molecule has 0 bridgehead atoms. The van der Waals surface area contributed by atoms with E-state index in [2.05, 4.69) is 0 Å². The van der Waals surface area contributed by atoms with E-state index in [0.29, 0.717) is 73.8 Å². The normalized spacial score (nSPS) is 13.1. The van der Waals surface area contributed by atoms with Gasteiger partial charge in [0.15, 0.2) is 23.0 Å². The van der Waals surface area contributed by atoms with E-state index < -0.39 is 0 Å². The number of halogens is 1. The van der Waals surface area contributed by atoms with Crippen molar-refractivity contribution in [1.82, 2.24) is 9.80 Å². The fourth-order valence-electron chi connectivity index (χ4n) is 5.45. The highest BCUT2D eigenvalue weighted by Crippen LogP contribution is 2.43. The van der Waals surface area contributed by atoms with E-state index in [9.17, 15) is 19.2 Å². The van der Waals surface area contributed by atoms with Gasteiger partial charge in [-0.25, -0.2) is 0 Å². The van der Waals surface area contributed by atoms with E-state index in [0.717, 1.165) is 28.7 Å². The van der Waals surface area contributed by atoms with Crippen LogP contribution >= 0.6 is 11.6 Å². The molecule has 0 radical (unpaired) electrons. The lowest BCUT2D eigenvalue weighted by Crippen LogP contribution is -2.26. The van der Waals surface area contributed by atoms with Gasteiger partial charge in [0.25, 0.3) is 0 Å². The van der Waals surface area contributed by atoms with E-state index in [1.807, 2.05) is 25.1 Å². The van der Waals surface area contributed by atoms with Gasteiger partial charge in [-0.1, -0.05) is 18.5 Å². The van der Waals surface area contributed by atoms with Gasteiger partial charge in [0.05, 0.1) is 58.5 Å². The molecule has 2 amide bonds. The Bertz CT molecular complexity index is 1460. The average Bonchev–Trinajstić information content (AvgIpc) is 3.70. The lowest BCUT2D eigenvalue weighted by atomic mass is 10.1. The van der Waals surface area contributed by atoms with Crippen molar-refractivity contribution >= 4 is 35.4 Å². The second-order valence-corrected chi connectivity index (χ2v) is 11.6. The molecule has 47 heavy (non-hydrogen) atoms. The molecule has 12 nitrogen and oxygen atoms in total. The van der Waals surface area contributed by atoms with Crippen molar-refractivity contribution < 1.29 is 47.6 Å². The Balaban J connectivity index is 1.28. The van der Waals surface area contributed by atoms with Crippen LogP contribution in [0.3, 0.4) is 0 Å². The molecule has 2 heterocycles. The number of carbonyl (C=O) groups is 4. The van der Waals surface area contributed by atoms with Crippen LogP contribution in [0.2, 0.25) is 5.02 Å². The molecule has 2 aromatic carbocycles. The minimum Gasteiger partial charge on any atom is -0.493 e. The highest BCUT2D eigenvalue weighted by atomic mass is 35.5. The van der Waals surface area contributed by atoms with Crippen molar-refractivity contribution in [3.8, 4) is 23.0 Å². The Morgan fingerprint density at radius 2 is 1.23 bits per heavy atom. The van der Waals surface area contributed by atoms with Gasteiger partial charge >= 0.3 is 11.9 Å². The monoisotopic (exact) mass is 674 g/mol. The summed E-state index contributed by atoms with van der Waals surface area (Å²) in [7, 11) is 3.09. The quantitative estimate of drug-likeness (QED) is 0.168. The predicted octanol–water partition coefficient (Wildman–Crippen LogP) is 4.97. The van der Waals surface area contributed by atoms with Crippen LogP contribution in [-0.4, -0.2) is 74.2 Å². The number of amides is 2. The summed E-state index contributed by atoms with van der Waals surface area (Å²) in [6, 6.07) is 5.59. The van der Waals surface area contributed by atoms with Crippen molar-refractivity contribution in [2.24, 2.45) is 0 Å². The summed E-state index contributed by atoms with van der Waals surface area (Å²) in [6.07, 6.45) is 1.50. The SMILES string of the molecule is CCCOC(=O)CCC(=O)N1Cc2cc(OC)c(OCCCOc3cc4c(cc3OC)CN(C(=O)CCC(=O)OCC)C4)c(Cl)c2C1. The zero-order chi connectivity index (χ0) is 33.9. The van der Waals surface area contributed by atoms with Crippen molar-refractivity contribution in [2.75, 3.05) is 40.6 Å². The first-order chi connectivity index (χ1) is 22.7. The molecule has 2 aliphatic rings. The van der Waals surface area contributed by atoms with Gasteiger partial charge in [0, 0.05) is 45.4 Å². The molecule has 4 rings (SSSR count). The maximum atomic E-state index is 12.8. The van der Waals surface area contributed by atoms with Crippen molar-refractivity contribution in [2.45, 2.75) is 78.6 Å². The summed E-state index contributed by atoms with van der Waals surface area (Å²) in [6.45, 7) is 6.43. The standard InChI is InChI=1S/C34H43ClN2O10/c1-5-12-46-32(41)11-9-30(39)37-20-24-17-28(43-4)34(33(35)25(24)21-37)47-14-7-13-45-27-16-23-19-36(18-22(23)15-26(27)42-3)29(38)8-10-31(40)44-6-2/h15-17H,5-14,18-21H2,1-4H3. The first-order valence-corrected chi connectivity index (χ1v) is 16.3. The van der Waals surface area contributed by atoms with Crippen LogP contribution in [0.25, 0.3) is 0 Å². The third-order valence-corrected chi connectivity index (χ3v) is 8.28. The molecule has 0 atom stereocenters.